The zero-order valence-corrected chi connectivity index (χ0v) is 12.2. The first-order chi connectivity index (χ1) is 9.60. The van der Waals surface area contributed by atoms with E-state index in [-0.39, 0.29) is 18.2 Å². The number of aromatic nitrogens is 1. The molecule has 0 saturated carbocycles. The Labute approximate surface area is 123 Å². The number of ether oxygens (including phenoxy) is 2. The highest BCUT2D eigenvalue weighted by molar-refractivity contribution is 9.10. The van der Waals surface area contributed by atoms with Gasteiger partial charge in [0.2, 0.25) is 0 Å². The fourth-order valence-electron chi connectivity index (χ4n) is 1.57. The number of benzene rings is 1. The van der Waals surface area contributed by atoms with E-state index >= 15 is 0 Å². The van der Waals surface area contributed by atoms with Crippen LogP contribution in [0.3, 0.4) is 0 Å². The van der Waals surface area contributed by atoms with Gasteiger partial charge in [0.05, 0.1) is 12.0 Å². The molecule has 0 radical (unpaired) electrons. The zero-order valence-electron chi connectivity index (χ0n) is 10.6. The Kier molecular flexibility index (Phi) is 4.52. The lowest BCUT2D eigenvalue weighted by molar-refractivity contribution is -0.386. The number of halogens is 1. The van der Waals surface area contributed by atoms with E-state index in [0.29, 0.717) is 10.2 Å². The third-order valence-electron chi connectivity index (χ3n) is 2.51. The van der Waals surface area contributed by atoms with Crippen molar-refractivity contribution in [3.8, 4) is 11.6 Å². The van der Waals surface area contributed by atoms with Crippen molar-refractivity contribution < 1.29 is 14.4 Å². The minimum Gasteiger partial charge on any atom is -0.497 e. The third-order valence-corrected chi connectivity index (χ3v) is 2.94. The standard InChI is InChI=1S/C13H11BrN2O4/c1-19-11-4-2-3-9(5-11)8-20-13-12(16(17)18)6-10(14)7-15-13/h2-7H,8H2,1H3. The molecule has 7 heteroatoms. The lowest BCUT2D eigenvalue weighted by Crippen LogP contribution is -2.01. The van der Waals surface area contributed by atoms with Crippen molar-refractivity contribution in [1.29, 1.82) is 0 Å². The van der Waals surface area contributed by atoms with E-state index in [1.807, 2.05) is 18.2 Å². The van der Waals surface area contributed by atoms with Crippen LogP contribution in [-0.4, -0.2) is 17.0 Å². The van der Waals surface area contributed by atoms with Gasteiger partial charge in [-0.15, -0.1) is 0 Å². The van der Waals surface area contributed by atoms with Crippen LogP contribution in [0.2, 0.25) is 0 Å². The van der Waals surface area contributed by atoms with Crippen molar-refractivity contribution in [2.24, 2.45) is 0 Å². The van der Waals surface area contributed by atoms with Crippen molar-refractivity contribution in [3.05, 3.63) is 56.7 Å². The summed E-state index contributed by atoms with van der Waals surface area (Å²) >= 11 is 3.14. The summed E-state index contributed by atoms with van der Waals surface area (Å²) in [5, 5.41) is 10.9. The topological polar surface area (TPSA) is 74.5 Å². The van der Waals surface area contributed by atoms with Gasteiger partial charge in [-0.1, -0.05) is 12.1 Å². The Morgan fingerprint density at radius 1 is 1.40 bits per heavy atom. The molecule has 0 N–H and O–H groups in total. The summed E-state index contributed by atoms with van der Waals surface area (Å²) in [6.45, 7) is 0.173. The van der Waals surface area contributed by atoms with Crippen LogP contribution in [0.25, 0.3) is 0 Å². The molecule has 2 aromatic rings. The molecule has 0 atom stereocenters. The molecular weight excluding hydrogens is 328 g/mol. The summed E-state index contributed by atoms with van der Waals surface area (Å²) in [6, 6.07) is 8.62. The predicted octanol–water partition coefficient (Wildman–Crippen LogP) is 3.34. The van der Waals surface area contributed by atoms with Gasteiger partial charge in [-0.05, 0) is 33.6 Å². The van der Waals surface area contributed by atoms with Crippen LogP contribution in [0.4, 0.5) is 5.69 Å². The normalized spacial score (nSPS) is 10.1. The molecule has 1 aromatic heterocycles. The van der Waals surface area contributed by atoms with Gasteiger partial charge in [-0.25, -0.2) is 4.98 Å². The predicted molar refractivity (Wildman–Crippen MR) is 75.9 cm³/mol. The molecule has 1 heterocycles. The summed E-state index contributed by atoms with van der Waals surface area (Å²) in [4.78, 5) is 14.3. The molecule has 2 rings (SSSR count). The maximum absolute atomic E-state index is 10.9. The van der Waals surface area contributed by atoms with Crippen LogP contribution in [0.5, 0.6) is 11.6 Å². The summed E-state index contributed by atoms with van der Waals surface area (Å²) in [5.41, 5.74) is 0.658. The number of pyridine rings is 1. The molecule has 0 saturated heterocycles. The molecule has 0 bridgehead atoms. The van der Waals surface area contributed by atoms with E-state index in [4.69, 9.17) is 9.47 Å². The number of methoxy groups -OCH3 is 1. The molecule has 0 aliphatic carbocycles. The maximum Gasteiger partial charge on any atom is 0.332 e. The Hall–Kier alpha value is -2.15. The quantitative estimate of drug-likeness (QED) is 0.617. The summed E-state index contributed by atoms with van der Waals surface area (Å²) in [5.74, 6) is 0.686. The van der Waals surface area contributed by atoms with Crippen molar-refractivity contribution in [2.75, 3.05) is 7.11 Å². The molecule has 0 fully saturated rings. The van der Waals surface area contributed by atoms with Crippen molar-refractivity contribution in [3.63, 3.8) is 0 Å². The maximum atomic E-state index is 10.9. The SMILES string of the molecule is COc1cccc(COc2ncc(Br)cc2[N+](=O)[O-])c1. The van der Waals surface area contributed by atoms with Gasteiger partial charge in [0.25, 0.3) is 5.88 Å². The number of rotatable bonds is 5. The van der Waals surface area contributed by atoms with E-state index in [2.05, 4.69) is 20.9 Å². The van der Waals surface area contributed by atoms with Crippen LogP contribution < -0.4 is 9.47 Å². The van der Waals surface area contributed by atoms with Gasteiger partial charge in [-0.2, -0.15) is 0 Å². The summed E-state index contributed by atoms with van der Waals surface area (Å²) in [7, 11) is 1.57. The van der Waals surface area contributed by atoms with Crippen LogP contribution >= 0.6 is 15.9 Å². The number of nitrogens with zero attached hydrogens (tertiary/aromatic N) is 2. The first kappa shape index (κ1) is 14.3. The summed E-state index contributed by atoms with van der Waals surface area (Å²) < 4.78 is 11.0. The Morgan fingerprint density at radius 2 is 2.20 bits per heavy atom. The smallest absolute Gasteiger partial charge is 0.332 e. The Balaban J connectivity index is 2.16. The fraction of sp³-hybridized carbons (Fsp3) is 0.154. The molecule has 0 spiro atoms. The van der Waals surface area contributed by atoms with Crippen LogP contribution in [0.1, 0.15) is 5.56 Å². The first-order valence-corrected chi connectivity index (χ1v) is 6.45. The molecule has 0 aliphatic heterocycles. The van der Waals surface area contributed by atoms with E-state index < -0.39 is 4.92 Å². The second-order valence-corrected chi connectivity index (χ2v) is 4.79. The minimum atomic E-state index is -0.529. The van der Waals surface area contributed by atoms with Gasteiger partial charge >= 0.3 is 5.69 Å². The second-order valence-electron chi connectivity index (χ2n) is 3.88. The summed E-state index contributed by atoms with van der Waals surface area (Å²) in [6.07, 6.45) is 1.45. The molecule has 6 nitrogen and oxygen atoms in total. The molecule has 0 unspecified atom stereocenters. The first-order valence-electron chi connectivity index (χ1n) is 5.66. The van der Waals surface area contributed by atoms with Gasteiger partial charge < -0.3 is 9.47 Å². The van der Waals surface area contributed by atoms with E-state index in [0.717, 1.165) is 5.56 Å². The second kappa shape index (κ2) is 6.33. The molecular formula is C13H11BrN2O4. The molecule has 0 amide bonds. The third kappa shape index (κ3) is 3.45. The van der Waals surface area contributed by atoms with Crippen molar-refractivity contribution >= 4 is 21.6 Å². The number of hydrogen-bond acceptors (Lipinski definition) is 5. The highest BCUT2D eigenvalue weighted by Gasteiger charge is 2.17. The number of hydrogen-bond donors (Lipinski definition) is 0. The number of nitro groups is 1. The van der Waals surface area contributed by atoms with Gasteiger partial charge in [-0.3, -0.25) is 10.1 Å². The van der Waals surface area contributed by atoms with Crippen molar-refractivity contribution in [2.45, 2.75) is 6.61 Å². The Bertz CT molecular complexity index is 634. The van der Waals surface area contributed by atoms with Gasteiger partial charge in [0.15, 0.2) is 0 Å². The molecule has 1 aromatic carbocycles. The lowest BCUT2D eigenvalue weighted by atomic mass is 10.2. The van der Waals surface area contributed by atoms with Gasteiger partial charge in [0.1, 0.15) is 12.4 Å². The lowest BCUT2D eigenvalue weighted by Gasteiger charge is -2.07. The molecule has 20 heavy (non-hydrogen) atoms. The highest BCUT2D eigenvalue weighted by atomic mass is 79.9. The fourth-order valence-corrected chi connectivity index (χ4v) is 1.89. The van der Waals surface area contributed by atoms with Crippen LogP contribution in [0, 0.1) is 10.1 Å². The Morgan fingerprint density at radius 3 is 2.90 bits per heavy atom. The largest absolute Gasteiger partial charge is 0.497 e. The van der Waals surface area contributed by atoms with E-state index in [1.165, 1.54) is 12.3 Å². The monoisotopic (exact) mass is 338 g/mol. The zero-order chi connectivity index (χ0) is 14.5. The molecule has 0 aliphatic rings. The van der Waals surface area contributed by atoms with Gasteiger partial charge in [0, 0.05) is 16.7 Å². The average Bonchev–Trinajstić information content (AvgIpc) is 2.46. The van der Waals surface area contributed by atoms with Crippen LogP contribution in [0.15, 0.2) is 41.0 Å². The van der Waals surface area contributed by atoms with E-state index in [1.54, 1.807) is 13.2 Å². The highest BCUT2D eigenvalue weighted by Crippen LogP contribution is 2.28. The van der Waals surface area contributed by atoms with Crippen LogP contribution in [-0.2, 0) is 6.61 Å². The average molecular weight is 339 g/mol. The molecule has 104 valence electrons. The minimum absolute atomic E-state index is 0.0129. The van der Waals surface area contributed by atoms with E-state index in [9.17, 15) is 10.1 Å². The van der Waals surface area contributed by atoms with Crippen molar-refractivity contribution in [1.82, 2.24) is 4.98 Å².